The summed E-state index contributed by atoms with van der Waals surface area (Å²) in [7, 11) is 1.80. The number of hydrogen-bond acceptors (Lipinski definition) is 4. The molecule has 0 aromatic rings. The Morgan fingerprint density at radius 3 is 2.72 bits per heavy atom. The van der Waals surface area contributed by atoms with Gasteiger partial charge in [0.1, 0.15) is 0 Å². The molecule has 5 heteroatoms. The third-order valence-corrected chi connectivity index (χ3v) is 4.33. The average Bonchev–Trinajstić information content (AvgIpc) is 2.99. The summed E-state index contributed by atoms with van der Waals surface area (Å²) < 4.78 is 0. The lowest BCUT2D eigenvalue weighted by atomic mass is 10.2. The molecule has 1 amide bonds. The van der Waals surface area contributed by atoms with Crippen molar-refractivity contribution in [2.75, 3.05) is 39.8 Å². The van der Waals surface area contributed by atoms with Crippen molar-refractivity contribution in [3.8, 4) is 0 Å². The van der Waals surface area contributed by atoms with Crippen molar-refractivity contribution < 1.29 is 4.79 Å². The lowest BCUT2D eigenvalue weighted by Gasteiger charge is -2.24. The highest BCUT2D eigenvalue weighted by Crippen LogP contribution is 2.20. The molecule has 5 nitrogen and oxygen atoms in total. The highest BCUT2D eigenvalue weighted by molar-refractivity contribution is 5.79. The second kappa shape index (κ2) is 6.50. The number of nitrogens with two attached hydrogens (primary N) is 1. The molecule has 2 unspecified atom stereocenters. The van der Waals surface area contributed by atoms with E-state index >= 15 is 0 Å². The van der Waals surface area contributed by atoms with E-state index in [1.807, 2.05) is 0 Å². The molecule has 0 bridgehead atoms. The molecule has 0 spiro atoms. The van der Waals surface area contributed by atoms with Crippen LogP contribution in [0.2, 0.25) is 0 Å². The van der Waals surface area contributed by atoms with Crippen LogP contribution in [0.1, 0.15) is 25.7 Å². The normalized spacial score (nSPS) is 27.7. The van der Waals surface area contributed by atoms with Gasteiger partial charge in [-0.15, -0.1) is 0 Å². The van der Waals surface area contributed by atoms with Gasteiger partial charge in [-0.25, -0.2) is 0 Å². The van der Waals surface area contributed by atoms with E-state index < -0.39 is 0 Å². The maximum absolute atomic E-state index is 11.1. The number of nitrogens with one attached hydrogen (secondary N) is 1. The Morgan fingerprint density at radius 1 is 1.39 bits per heavy atom. The second-order valence-corrected chi connectivity index (χ2v) is 5.52. The Hall–Kier alpha value is -0.650. The Bertz CT molecular complexity index is 278. The number of rotatable bonds is 6. The van der Waals surface area contributed by atoms with Crippen LogP contribution in [-0.2, 0) is 4.79 Å². The number of likely N-dealkylation sites (tertiary alicyclic amines) is 2. The first-order valence-corrected chi connectivity index (χ1v) is 7.13. The number of likely N-dealkylation sites (N-methyl/N-ethyl adjacent to an activating group) is 1. The molecule has 2 aliphatic heterocycles. The first kappa shape index (κ1) is 13.8. The minimum atomic E-state index is -0.243. The fourth-order valence-electron chi connectivity index (χ4n) is 3.16. The van der Waals surface area contributed by atoms with Gasteiger partial charge in [-0.3, -0.25) is 9.69 Å². The zero-order chi connectivity index (χ0) is 13.0. The van der Waals surface area contributed by atoms with E-state index in [1.165, 1.54) is 32.4 Å². The Morgan fingerprint density at radius 2 is 2.11 bits per heavy atom. The standard InChI is InChI=1S/C13H26N4O/c1-15-12(13(14)18)5-9-16-8-4-11(10-16)17-6-2-3-7-17/h11-12,15H,2-10H2,1H3,(H2,14,18). The van der Waals surface area contributed by atoms with Crippen molar-refractivity contribution in [1.82, 2.24) is 15.1 Å². The van der Waals surface area contributed by atoms with Crippen molar-refractivity contribution in [2.45, 2.75) is 37.8 Å². The quantitative estimate of drug-likeness (QED) is 0.678. The van der Waals surface area contributed by atoms with E-state index in [2.05, 4.69) is 15.1 Å². The highest BCUT2D eigenvalue weighted by atomic mass is 16.1. The summed E-state index contributed by atoms with van der Waals surface area (Å²) >= 11 is 0. The maximum atomic E-state index is 11.1. The summed E-state index contributed by atoms with van der Waals surface area (Å²) in [5.74, 6) is -0.243. The molecule has 2 heterocycles. The van der Waals surface area contributed by atoms with Crippen LogP contribution in [0.15, 0.2) is 0 Å². The van der Waals surface area contributed by atoms with E-state index in [0.717, 1.165) is 32.1 Å². The van der Waals surface area contributed by atoms with Gasteiger partial charge in [0.2, 0.25) is 5.91 Å². The lowest BCUT2D eigenvalue weighted by molar-refractivity contribution is -0.120. The van der Waals surface area contributed by atoms with Gasteiger partial charge >= 0.3 is 0 Å². The minimum absolute atomic E-state index is 0.184. The van der Waals surface area contributed by atoms with Crippen LogP contribution in [-0.4, -0.2) is 67.6 Å². The zero-order valence-electron chi connectivity index (χ0n) is 11.4. The number of amides is 1. The molecule has 0 aromatic carbocycles. The van der Waals surface area contributed by atoms with Gasteiger partial charge in [-0.05, 0) is 52.4 Å². The predicted octanol–water partition coefficient (Wildman–Crippen LogP) is -0.380. The molecular formula is C13H26N4O. The molecule has 2 saturated heterocycles. The van der Waals surface area contributed by atoms with Crippen LogP contribution in [0.5, 0.6) is 0 Å². The molecular weight excluding hydrogens is 228 g/mol. The summed E-state index contributed by atoms with van der Waals surface area (Å²) in [6, 6.07) is 0.560. The van der Waals surface area contributed by atoms with Crippen molar-refractivity contribution in [3.63, 3.8) is 0 Å². The van der Waals surface area contributed by atoms with Gasteiger partial charge < -0.3 is 16.0 Å². The van der Waals surface area contributed by atoms with E-state index in [9.17, 15) is 4.79 Å². The van der Waals surface area contributed by atoms with Crippen molar-refractivity contribution >= 4 is 5.91 Å². The third kappa shape index (κ3) is 3.43. The molecule has 104 valence electrons. The fourth-order valence-corrected chi connectivity index (χ4v) is 3.16. The first-order valence-electron chi connectivity index (χ1n) is 7.13. The van der Waals surface area contributed by atoms with E-state index in [4.69, 9.17) is 5.73 Å². The van der Waals surface area contributed by atoms with Crippen LogP contribution in [0, 0.1) is 0 Å². The summed E-state index contributed by atoms with van der Waals surface area (Å²) in [6.45, 7) is 5.85. The molecule has 0 radical (unpaired) electrons. The zero-order valence-corrected chi connectivity index (χ0v) is 11.4. The molecule has 2 atom stereocenters. The van der Waals surface area contributed by atoms with E-state index in [0.29, 0.717) is 0 Å². The Labute approximate surface area is 110 Å². The predicted molar refractivity (Wildman–Crippen MR) is 72.3 cm³/mol. The van der Waals surface area contributed by atoms with Gasteiger partial charge in [0.05, 0.1) is 6.04 Å². The van der Waals surface area contributed by atoms with Crippen molar-refractivity contribution in [2.24, 2.45) is 5.73 Å². The van der Waals surface area contributed by atoms with Crippen molar-refractivity contribution in [1.29, 1.82) is 0 Å². The summed E-state index contributed by atoms with van der Waals surface area (Å²) in [4.78, 5) is 16.2. The Balaban J connectivity index is 1.70. The molecule has 18 heavy (non-hydrogen) atoms. The molecule has 0 saturated carbocycles. The summed E-state index contributed by atoms with van der Waals surface area (Å²) in [5, 5.41) is 2.98. The van der Waals surface area contributed by atoms with Gasteiger partial charge in [0.15, 0.2) is 0 Å². The third-order valence-electron chi connectivity index (χ3n) is 4.33. The highest BCUT2D eigenvalue weighted by Gasteiger charge is 2.29. The largest absolute Gasteiger partial charge is 0.368 e. The van der Waals surface area contributed by atoms with Gasteiger partial charge in [0.25, 0.3) is 0 Å². The van der Waals surface area contributed by atoms with Gasteiger partial charge in [-0.1, -0.05) is 0 Å². The first-order chi connectivity index (χ1) is 8.70. The van der Waals surface area contributed by atoms with E-state index in [-0.39, 0.29) is 11.9 Å². The van der Waals surface area contributed by atoms with Crippen LogP contribution in [0.25, 0.3) is 0 Å². The molecule has 2 rings (SSSR count). The number of nitrogens with zero attached hydrogens (tertiary/aromatic N) is 2. The molecule has 0 aliphatic carbocycles. The maximum Gasteiger partial charge on any atom is 0.234 e. The summed E-state index contributed by atoms with van der Waals surface area (Å²) in [6.07, 6.45) is 4.82. The second-order valence-electron chi connectivity index (χ2n) is 5.52. The molecule has 2 fully saturated rings. The molecule has 0 aromatic heterocycles. The topological polar surface area (TPSA) is 61.6 Å². The number of primary amides is 1. The van der Waals surface area contributed by atoms with Crippen LogP contribution >= 0.6 is 0 Å². The smallest absolute Gasteiger partial charge is 0.234 e. The summed E-state index contributed by atoms with van der Waals surface area (Å²) in [5.41, 5.74) is 5.33. The lowest BCUT2D eigenvalue weighted by Crippen LogP contribution is -2.42. The fraction of sp³-hybridized carbons (Fsp3) is 0.923. The number of hydrogen-bond donors (Lipinski definition) is 2. The van der Waals surface area contributed by atoms with Crippen LogP contribution in [0.3, 0.4) is 0 Å². The molecule has 3 N–H and O–H groups in total. The SMILES string of the molecule is CNC(CCN1CCC(N2CCCC2)C1)C(N)=O. The van der Waals surface area contributed by atoms with E-state index in [1.54, 1.807) is 7.05 Å². The number of carbonyl (C=O) groups excluding carboxylic acids is 1. The minimum Gasteiger partial charge on any atom is -0.368 e. The van der Waals surface area contributed by atoms with Crippen LogP contribution < -0.4 is 11.1 Å². The van der Waals surface area contributed by atoms with Crippen LogP contribution in [0.4, 0.5) is 0 Å². The van der Waals surface area contributed by atoms with Crippen molar-refractivity contribution in [3.05, 3.63) is 0 Å². The van der Waals surface area contributed by atoms with Gasteiger partial charge in [0, 0.05) is 19.1 Å². The molecule has 2 aliphatic rings. The monoisotopic (exact) mass is 254 g/mol. The van der Waals surface area contributed by atoms with Gasteiger partial charge in [-0.2, -0.15) is 0 Å². The Kier molecular flexibility index (Phi) is 4.97. The number of carbonyl (C=O) groups is 1. The average molecular weight is 254 g/mol.